The normalized spacial score (nSPS) is 66.4. The summed E-state index contributed by atoms with van der Waals surface area (Å²) in [6.45, 7) is 10.9. The highest BCUT2D eigenvalue weighted by molar-refractivity contribution is 5.28. The van der Waals surface area contributed by atoms with E-state index in [1.54, 1.807) is 0 Å². The highest BCUT2D eigenvalue weighted by atomic mass is 15.2. The Morgan fingerprint density at radius 3 is 0.558 bits per heavy atom. The number of hydrogen-bond donors (Lipinski definition) is 4. The summed E-state index contributed by atoms with van der Waals surface area (Å²) in [4.78, 5) is 0. The van der Waals surface area contributed by atoms with E-state index in [1.807, 2.05) is 0 Å². The lowest BCUT2D eigenvalue weighted by Gasteiger charge is -2.49. The first-order valence-electron chi connectivity index (χ1n) is 23.2. The molecule has 52 heavy (non-hydrogen) atoms. The van der Waals surface area contributed by atoms with Crippen LogP contribution in [0.25, 0.3) is 0 Å². The first-order valence-corrected chi connectivity index (χ1v) is 23.2. The summed E-state index contributed by atoms with van der Waals surface area (Å²) in [7, 11) is 0. The van der Waals surface area contributed by atoms with Crippen molar-refractivity contribution >= 4 is 0 Å². The average molecular weight is 701 g/mol. The maximum Gasteiger partial charge on any atom is 0.0264 e. The fraction of sp³-hybridized carbons (Fsp3) is 0.833. The van der Waals surface area contributed by atoms with Crippen LogP contribution in [0.2, 0.25) is 0 Å². The molecule has 4 heteroatoms. The van der Waals surface area contributed by atoms with E-state index in [1.165, 1.54) is 51.4 Å². The van der Waals surface area contributed by atoms with Gasteiger partial charge in [0, 0.05) is 48.3 Å². The van der Waals surface area contributed by atoms with Gasteiger partial charge in [-0.25, -0.2) is 0 Å². The molecule has 28 unspecified atom stereocenters. The third-order valence-electron chi connectivity index (χ3n) is 21.0. The molecule has 16 bridgehead atoms. The smallest absolute Gasteiger partial charge is 0.0264 e. The van der Waals surface area contributed by atoms with Crippen molar-refractivity contribution in [2.75, 3.05) is 0 Å². The number of allylic oxidation sites excluding steroid dienone is 8. The zero-order chi connectivity index (χ0) is 34.3. The highest BCUT2D eigenvalue weighted by Gasteiger charge is 2.66. The Morgan fingerprint density at radius 2 is 0.404 bits per heavy atom. The molecule has 280 valence electrons. The Morgan fingerprint density at radius 1 is 0.250 bits per heavy atom. The summed E-state index contributed by atoms with van der Waals surface area (Å²) < 4.78 is 0. The van der Waals surface area contributed by atoms with Crippen LogP contribution < -0.4 is 21.3 Å². The van der Waals surface area contributed by atoms with Gasteiger partial charge in [0.25, 0.3) is 0 Å². The Balaban J connectivity index is 0.964. The second-order valence-electron chi connectivity index (χ2n) is 22.1. The van der Waals surface area contributed by atoms with Crippen molar-refractivity contribution < 1.29 is 0 Å². The van der Waals surface area contributed by atoms with E-state index in [0.29, 0.717) is 72.0 Å². The van der Waals surface area contributed by atoms with Gasteiger partial charge in [0.05, 0.1) is 0 Å². The van der Waals surface area contributed by atoms with Gasteiger partial charge in [0.1, 0.15) is 0 Å². The van der Waals surface area contributed by atoms with Gasteiger partial charge in [-0.3, -0.25) is 0 Å². The van der Waals surface area contributed by atoms with Crippen molar-refractivity contribution in [2.24, 2.45) is 118 Å². The van der Waals surface area contributed by atoms with Crippen molar-refractivity contribution in [3.8, 4) is 0 Å². The topological polar surface area (TPSA) is 48.1 Å². The third kappa shape index (κ3) is 4.01. The first kappa shape index (κ1) is 31.9. The highest BCUT2D eigenvalue weighted by Crippen LogP contribution is 2.62. The van der Waals surface area contributed by atoms with E-state index in [-0.39, 0.29) is 0 Å². The summed E-state index contributed by atoms with van der Waals surface area (Å²) >= 11 is 0. The number of hydrogen-bond acceptors (Lipinski definition) is 4. The molecule has 28 atom stereocenters. The van der Waals surface area contributed by atoms with Crippen LogP contribution in [0, 0.1) is 118 Å². The van der Waals surface area contributed by atoms with Gasteiger partial charge >= 0.3 is 0 Å². The molecule has 0 aromatic carbocycles. The Bertz CT molecular complexity index is 1360. The molecular formula is C48H68N4. The molecule has 5 aliphatic heterocycles. The molecule has 17 rings (SSSR count). The standard InChI is InChI=1S/C48H68N4/c1-21-22(2)42-34-26-7-15-30(16-8-26)38(34)47(50-42)48-40-32-19-11-28(12-20-32)36(40)44(52-48)24(4)23(3)43-35-27-9-17-31(18-10-27)39(35)46(51-43)45-37-29-13-5-25(6-14-29)33(37)41(21)49-45/h5,7,9,11,13,15,17,19,21-52H,6,8,10,12,14,16,18,20H2,1-4H3. The molecule has 0 radical (unpaired) electrons. The van der Waals surface area contributed by atoms with Crippen LogP contribution in [0.5, 0.6) is 0 Å². The molecular weight excluding hydrogens is 633 g/mol. The molecule has 0 aromatic heterocycles. The van der Waals surface area contributed by atoms with Crippen LogP contribution in [-0.2, 0) is 0 Å². The number of nitrogens with one attached hydrogen (secondary N) is 4. The van der Waals surface area contributed by atoms with Crippen LogP contribution >= 0.6 is 0 Å². The van der Waals surface area contributed by atoms with E-state index < -0.39 is 0 Å². The number of fused-ring (bicyclic) bond motifs is 14. The summed E-state index contributed by atoms with van der Waals surface area (Å²) in [5, 5.41) is 18.8. The average Bonchev–Trinajstić information content (AvgIpc) is 4.01. The van der Waals surface area contributed by atoms with Gasteiger partial charge < -0.3 is 21.3 Å². The predicted octanol–water partition coefficient (Wildman–Crippen LogP) is 7.22. The summed E-state index contributed by atoms with van der Waals surface area (Å²) in [6.07, 6.45) is 33.2. The fourth-order valence-corrected chi connectivity index (χ4v) is 18.8. The minimum Gasteiger partial charge on any atom is -0.309 e. The Kier molecular flexibility index (Phi) is 6.89. The van der Waals surface area contributed by atoms with Crippen molar-refractivity contribution in [1.29, 1.82) is 0 Å². The molecule has 4 nitrogen and oxygen atoms in total. The molecule has 0 aromatic rings. The molecule has 5 heterocycles. The van der Waals surface area contributed by atoms with Crippen LogP contribution in [-0.4, -0.2) is 48.3 Å². The van der Waals surface area contributed by atoms with E-state index in [0.717, 1.165) is 94.7 Å². The quantitative estimate of drug-likeness (QED) is 0.202. The van der Waals surface area contributed by atoms with Crippen molar-refractivity contribution in [3.05, 3.63) is 48.6 Å². The predicted molar refractivity (Wildman–Crippen MR) is 209 cm³/mol. The minimum absolute atomic E-state index is 0.617. The van der Waals surface area contributed by atoms with Crippen LogP contribution in [0.15, 0.2) is 48.6 Å². The van der Waals surface area contributed by atoms with E-state index in [2.05, 4.69) is 76.3 Å². The maximum atomic E-state index is 4.71. The van der Waals surface area contributed by atoms with Crippen LogP contribution in [0.3, 0.4) is 0 Å². The molecule has 5 saturated heterocycles. The lowest BCUT2D eigenvalue weighted by atomic mass is 9.54. The SMILES string of the molecule is CC1C(C)C2NC(C3NC(C(C)C(C)C4NC(C5NC1C1C6C=CC(CC6)C51)C1C5C=CC(CC5)C41)C1C4C=CC(CC4)C31)C1C3C=CC(CC3)C21. The van der Waals surface area contributed by atoms with E-state index in [4.69, 9.17) is 21.3 Å². The molecule has 4 N–H and O–H groups in total. The van der Waals surface area contributed by atoms with Gasteiger partial charge in [-0.2, -0.15) is 0 Å². The molecule has 4 saturated carbocycles. The summed E-state index contributed by atoms with van der Waals surface area (Å²) in [5.41, 5.74) is 0. The van der Waals surface area contributed by atoms with Crippen molar-refractivity contribution in [2.45, 2.75) is 127 Å². The van der Waals surface area contributed by atoms with Crippen LogP contribution in [0.1, 0.15) is 79.1 Å². The zero-order valence-electron chi connectivity index (χ0n) is 32.4. The molecule has 0 amide bonds. The lowest BCUT2D eigenvalue weighted by Crippen LogP contribution is -2.56. The fourth-order valence-electron chi connectivity index (χ4n) is 18.8. The lowest BCUT2D eigenvalue weighted by molar-refractivity contribution is 0.0643. The molecule has 12 aliphatic carbocycles. The second kappa shape index (κ2) is 11.2. The van der Waals surface area contributed by atoms with Gasteiger partial charge in [-0.15, -0.1) is 0 Å². The van der Waals surface area contributed by atoms with Gasteiger partial charge in [0.15, 0.2) is 0 Å². The molecule has 17 aliphatic rings. The van der Waals surface area contributed by atoms with Gasteiger partial charge in [-0.05, 0) is 170 Å². The second-order valence-corrected chi connectivity index (χ2v) is 22.1. The molecule has 0 spiro atoms. The van der Waals surface area contributed by atoms with Crippen LogP contribution in [0.4, 0.5) is 0 Å². The van der Waals surface area contributed by atoms with Crippen molar-refractivity contribution in [1.82, 2.24) is 21.3 Å². The largest absolute Gasteiger partial charge is 0.309 e. The Labute approximate surface area is 314 Å². The van der Waals surface area contributed by atoms with Gasteiger partial charge in [0.2, 0.25) is 0 Å². The Hall–Kier alpha value is -1.20. The van der Waals surface area contributed by atoms with E-state index >= 15 is 0 Å². The van der Waals surface area contributed by atoms with Crippen molar-refractivity contribution in [3.63, 3.8) is 0 Å². The molecule has 9 fully saturated rings. The third-order valence-corrected chi connectivity index (χ3v) is 21.0. The summed E-state index contributed by atoms with van der Waals surface area (Å²) in [6, 6.07) is 5.01. The van der Waals surface area contributed by atoms with Gasteiger partial charge in [-0.1, -0.05) is 76.3 Å². The maximum absolute atomic E-state index is 4.71. The minimum atomic E-state index is 0.617. The number of rotatable bonds is 0. The zero-order valence-corrected chi connectivity index (χ0v) is 32.4. The van der Waals surface area contributed by atoms with E-state index in [9.17, 15) is 0 Å². The monoisotopic (exact) mass is 701 g/mol. The first-order chi connectivity index (χ1) is 25.4. The summed E-state index contributed by atoms with van der Waals surface area (Å²) in [5.74, 6) is 15.4.